The molecular formula is C23H23N3O3S. The zero-order valence-corrected chi connectivity index (χ0v) is 17.6. The van der Waals surface area contributed by atoms with Crippen LogP contribution in [0.25, 0.3) is 11.0 Å². The lowest BCUT2D eigenvalue weighted by Gasteiger charge is -2.24. The average molecular weight is 422 g/mol. The standard InChI is InChI=1S/C23H23N3O3S/c1-16-11-13-18(14-12-16)30(27,28)21(15-24)22-23(29-17-7-3-2-4-8-17)26-20-10-6-5-9-19(20)25-22/h5-6,9-14,17,21H,2-4,7-8H2,1H3/t21-/m1/s1. The summed E-state index contributed by atoms with van der Waals surface area (Å²) in [6.07, 6.45) is 5.01. The van der Waals surface area contributed by atoms with Gasteiger partial charge in [-0.15, -0.1) is 0 Å². The number of rotatable bonds is 5. The van der Waals surface area contributed by atoms with Crippen molar-refractivity contribution in [3.05, 3.63) is 59.8 Å². The van der Waals surface area contributed by atoms with Gasteiger partial charge in [0.05, 0.1) is 22.0 Å². The molecule has 1 aromatic heterocycles. The number of hydrogen-bond donors (Lipinski definition) is 0. The van der Waals surface area contributed by atoms with Crippen molar-refractivity contribution >= 4 is 20.9 Å². The smallest absolute Gasteiger partial charge is 0.239 e. The third kappa shape index (κ3) is 4.01. The molecule has 0 amide bonds. The number of nitriles is 1. The number of hydrogen-bond acceptors (Lipinski definition) is 6. The number of benzene rings is 2. The Hall–Kier alpha value is -2.98. The highest BCUT2D eigenvalue weighted by molar-refractivity contribution is 7.92. The summed E-state index contributed by atoms with van der Waals surface area (Å²) in [4.78, 5) is 9.17. The summed E-state index contributed by atoms with van der Waals surface area (Å²) in [5.41, 5.74) is 2.14. The predicted molar refractivity (Wildman–Crippen MR) is 114 cm³/mol. The summed E-state index contributed by atoms with van der Waals surface area (Å²) in [6.45, 7) is 1.88. The van der Waals surface area contributed by atoms with E-state index in [2.05, 4.69) is 9.97 Å². The van der Waals surface area contributed by atoms with Crippen molar-refractivity contribution < 1.29 is 13.2 Å². The van der Waals surface area contributed by atoms with Crippen LogP contribution in [0, 0.1) is 18.3 Å². The number of aryl methyl sites for hydroxylation is 1. The number of aromatic nitrogens is 2. The van der Waals surface area contributed by atoms with Crippen LogP contribution in [0.2, 0.25) is 0 Å². The van der Waals surface area contributed by atoms with Gasteiger partial charge in [0, 0.05) is 0 Å². The third-order valence-corrected chi connectivity index (χ3v) is 7.30. The van der Waals surface area contributed by atoms with Gasteiger partial charge < -0.3 is 4.74 Å². The second-order valence-electron chi connectivity index (χ2n) is 7.65. The Morgan fingerprint density at radius 3 is 2.27 bits per heavy atom. The minimum absolute atomic E-state index is 0.0469. The Labute approximate surface area is 176 Å². The van der Waals surface area contributed by atoms with Crippen molar-refractivity contribution in [1.29, 1.82) is 5.26 Å². The molecule has 3 aromatic rings. The molecule has 0 spiro atoms. The Morgan fingerprint density at radius 2 is 1.63 bits per heavy atom. The summed E-state index contributed by atoms with van der Waals surface area (Å²) >= 11 is 0. The van der Waals surface area contributed by atoms with Crippen molar-refractivity contribution in [2.75, 3.05) is 0 Å². The van der Waals surface area contributed by atoms with Crippen molar-refractivity contribution in [3.63, 3.8) is 0 Å². The topological polar surface area (TPSA) is 92.9 Å². The van der Waals surface area contributed by atoms with E-state index in [0.29, 0.717) is 11.0 Å². The second-order valence-corrected chi connectivity index (χ2v) is 9.68. The van der Waals surface area contributed by atoms with Crippen LogP contribution >= 0.6 is 0 Å². The maximum atomic E-state index is 13.3. The predicted octanol–water partition coefficient (Wildman–Crippen LogP) is 4.69. The Kier molecular flexibility index (Phi) is 5.69. The van der Waals surface area contributed by atoms with Crippen molar-refractivity contribution in [3.8, 4) is 11.9 Å². The van der Waals surface area contributed by atoms with Gasteiger partial charge in [0.2, 0.25) is 15.7 Å². The lowest BCUT2D eigenvalue weighted by Crippen LogP contribution is -2.23. The molecule has 1 fully saturated rings. The Balaban J connectivity index is 1.82. The van der Waals surface area contributed by atoms with E-state index in [-0.39, 0.29) is 22.6 Å². The lowest BCUT2D eigenvalue weighted by molar-refractivity contribution is 0.147. The molecule has 1 saturated carbocycles. The van der Waals surface area contributed by atoms with Crippen molar-refractivity contribution in [1.82, 2.24) is 9.97 Å². The fourth-order valence-corrected chi connectivity index (χ4v) is 5.11. The highest BCUT2D eigenvalue weighted by Crippen LogP contribution is 2.35. The van der Waals surface area contributed by atoms with Crippen molar-refractivity contribution in [2.45, 2.75) is 55.3 Å². The van der Waals surface area contributed by atoms with Gasteiger partial charge >= 0.3 is 0 Å². The van der Waals surface area contributed by atoms with Gasteiger partial charge in [-0.05, 0) is 56.9 Å². The van der Waals surface area contributed by atoms with Gasteiger partial charge in [-0.25, -0.2) is 18.4 Å². The summed E-state index contributed by atoms with van der Waals surface area (Å²) in [5, 5.41) is 8.38. The van der Waals surface area contributed by atoms with Crippen LogP contribution in [0.5, 0.6) is 5.88 Å². The first-order chi connectivity index (χ1) is 14.5. The quantitative estimate of drug-likeness (QED) is 0.593. The Bertz CT molecular complexity index is 1190. The van der Waals surface area contributed by atoms with E-state index in [1.807, 2.05) is 19.1 Å². The first-order valence-corrected chi connectivity index (χ1v) is 11.7. The third-order valence-electron chi connectivity index (χ3n) is 5.42. The molecule has 1 heterocycles. The van der Waals surface area contributed by atoms with Crippen LogP contribution in [-0.4, -0.2) is 24.5 Å². The summed E-state index contributed by atoms with van der Waals surface area (Å²) < 4.78 is 32.8. The molecule has 0 aliphatic heterocycles. The summed E-state index contributed by atoms with van der Waals surface area (Å²) in [7, 11) is -4.00. The zero-order valence-electron chi connectivity index (χ0n) is 16.8. The highest BCUT2D eigenvalue weighted by atomic mass is 32.2. The second kappa shape index (κ2) is 8.41. The average Bonchev–Trinajstić information content (AvgIpc) is 2.75. The van der Waals surface area contributed by atoms with E-state index in [1.54, 1.807) is 30.3 Å². The molecular weight excluding hydrogens is 398 g/mol. The lowest BCUT2D eigenvalue weighted by atomic mass is 9.98. The van der Waals surface area contributed by atoms with Gasteiger partial charge in [-0.2, -0.15) is 5.26 Å². The minimum Gasteiger partial charge on any atom is -0.473 e. The van der Waals surface area contributed by atoms with Gasteiger partial charge in [-0.1, -0.05) is 36.2 Å². The molecule has 0 bridgehead atoms. The largest absolute Gasteiger partial charge is 0.473 e. The Morgan fingerprint density at radius 1 is 1.00 bits per heavy atom. The molecule has 0 radical (unpaired) electrons. The van der Waals surface area contributed by atoms with Gasteiger partial charge in [0.1, 0.15) is 11.8 Å². The van der Waals surface area contributed by atoms with Crippen LogP contribution in [0.15, 0.2) is 53.4 Å². The molecule has 1 aliphatic rings. The molecule has 0 saturated heterocycles. The maximum Gasteiger partial charge on any atom is 0.239 e. The summed E-state index contributed by atoms with van der Waals surface area (Å²) in [6, 6.07) is 15.6. The number of ether oxygens (including phenoxy) is 1. The van der Waals surface area contributed by atoms with Crippen LogP contribution in [-0.2, 0) is 9.84 Å². The number of para-hydroxylation sites is 2. The van der Waals surface area contributed by atoms with Gasteiger partial charge in [0.25, 0.3) is 0 Å². The monoisotopic (exact) mass is 421 g/mol. The fourth-order valence-electron chi connectivity index (χ4n) is 3.74. The first-order valence-electron chi connectivity index (χ1n) is 10.1. The van der Waals surface area contributed by atoms with E-state index in [9.17, 15) is 13.7 Å². The molecule has 7 heteroatoms. The fraction of sp³-hybridized carbons (Fsp3) is 0.348. The highest BCUT2D eigenvalue weighted by Gasteiger charge is 2.35. The van der Waals surface area contributed by atoms with Crippen LogP contribution in [0.1, 0.15) is 48.6 Å². The molecule has 1 atom stereocenters. The molecule has 0 unspecified atom stereocenters. The van der Waals surface area contributed by atoms with Gasteiger partial charge in [0.15, 0.2) is 5.25 Å². The number of nitrogens with zero attached hydrogens (tertiary/aromatic N) is 3. The van der Waals surface area contributed by atoms with Crippen LogP contribution < -0.4 is 4.74 Å². The van der Waals surface area contributed by atoms with Crippen molar-refractivity contribution in [2.24, 2.45) is 0 Å². The summed E-state index contributed by atoms with van der Waals surface area (Å²) in [5.74, 6) is 0.142. The molecule has 0 N–H and O–H groups in total. The molecule has 154 valence electrons. The van der Waals surface area contributed by atoms with Crippen LogP contribution in [0.4, 0.5) is 0 Å². The number of sulfone groups is 1. The van der Waals surface area contributed by atoms with E-state index in [1.165, 1.54) is 18.6 Å². The van der Waals surface area contributed by atoms with E-state index >= 15 is 0 Å². The molecule has 6 nitrogen and oxygen atoms in total. The molecule has 4 rings (SSSR count). The minimum atomic E-state index is -4.00. The molecule has 1 aliphatic carbocycles. The maximum absolute atomic E-state index is 13.3. The van der Waals surface area contributed by atoms with Gasteiger partial charge in [-0.3, -0.25) is 0 Å². The van der Waals surface area contributed by atoms with E-state index in [0.717, 1.165) is 31.2 Å². The van der Waals surface area contributed by atoms with E-state index < -0.39 is 15.1 Å². The molecule has 2 aromatic carbocycles. The molecule has 30 heavy (non-hydrogen) atoms. The SMILES string of the molecule is Cc1ccc(S(=O)(=O)[C@H](C#N)c2nc3ccccc3nc2OC2CCCCC2)cc1. The number of fused-ring (bicyclic) bond motifs is 1. The normalized spacial score (nSPS) is 16.1. The van der Waals surface area contributed by atoms with Crippen LogP contribution in [0.3, 0.4) is 0 Å². The van der Waals surface area contributed by atoms with E-state index in [4.69, 9.17) is 4.74 Å². The first kappa shape index (κ1) is 20.3. The zero-order chi connectivity index (χ0) is 21.1.